The molecule has 0 spiro atoms. The highest BCUT2D eigenvalue weighted by Gasteiger charge is 2.11. The van der Waals surface area contributed by atoms with Crippen LogP contribution in [0.3, 0.4) is 0 Å². The normalized spacial score (nSPS) is 14.0. The van der Waals surface area contributed by atoms with E-state index in [1.54, 1.807) is 0 Å². The van der Waals surface area contributed by atoms with E-state index in [0.717, 1.165) is 23.8 Å². The minimum absolute atomic E-state index is 0.489. The first kappa shape index (κ1) is 14.2. The van der Waals surface area contributed by atoms with E-state index in [1.165, 1.54) is 42.4 Å². The Morgan fingerprint density at radius 3 is 2.76 bits per heavy atom. The number of aryl methyl sites for hydroxylation is 3. The molecule has 0 aliphatic heterocycles. The summed E-state index contributed by atoms with van der Waals surface area (Å²) in [5.74, 6) is 2.82. The van der Waals surface area contributed by atoms with Gasteiger partial charge < -0.3 is 14.5 Å². The largest absolute Gasteiger partial charge is 0.486 e. The van der Waals surface area contributed by atoms with E-state index in [9.17, 15) is 0 Å². The summed E-state index contributed by atoms with van der Waals surface area (Å²) in [5.41, 5.74) is 4.11. The molecule has 21 heavy (non-hydrogen) atoms. The van der Waals surface area contributed by atoms with Crippen LogP contribution in [0.25, 0.3) is 0 Å². The highest BCUT2D eigenvalue weighted by atomic mass is 16.5. The Bertz CT molecular complexity index is 616. The van der Waals surface area contributed by atoms with Crippen molar-refractivity contribution in [3.8, 4) is 5.75 Å². The van der Waals surface area contributed by atoms with Gasteiger partial charge in [0.25, 0.3) is 0 Å². The van der Waals surface area contributed by atoms with Crippen molar-refractivity contribution in [3.63, 3.8) is 0 Å². The lowest BCUT2D eigenvalue weighted by atomic mass is 9.92. The van der Waals surface area contributed by atoms with Crippen molar-refractivity contribution < 1.29 is 9.15 Å². The van der Waals surface area contributed by atoms with Gasteiger partial charge in [-0.05, 0) is 74.5 Å². The van der Waals surface area contributed by atoms with Crippen LogP contribution in [-0.4, -0.2) is 7.05 Å². The van der Waals surface area contributed by atoms with Crippen LogP contribution < -0.4 is 10.1 Å². The topological polar surface area (TPSA) is 34.4 Å². The van der Waals surface area contributed by atoms with E-state index in [2.05, 4.69) is 36.5 Å². The van der Waals surface area contributed by atoms with E-state index >= 15 is 0 Å². The summed E-state index contributed by atoms with van der Waals surface area (Å²) in [5, 5.41) is 3.11. The van der Waals surface area contributed by atoms with Crippen LogP contribution in [0.5, 0.6) is 5.75 Å². The van der Waals surface area contributed by atoms with Gasteiger partial charge in [0.2, 0.25) is 0 Å². The summed E-state index contributed by atoms with van der Waals surface area (Å²) in [6.45, 7) is 3.31. The van der Waals surface area contributed by atoms with Crippen LogP contribution >= 0.6 is 0 Å². The molecule has 0 fully saturated rings. The van der Waals surface area contributed by atoms with Gasteiger partial charge in [-0.1, -0.05) is 6.07 Å². The van der Waals surface area contributed by atoms with Crippen molar-refractivity contribution in [2.24, 2.45) is 0 Å². The fraction of sp³-hybridized carbons (Fsp3) is 0.444. The molecule has 0 amide bonds. The van der Waals surface area contributed by atoms with Gasteiger partial charge in [0, 0.05) is 0 Å². The van der Waals surface area contributed by atoms with Crippen LogP contribution in [-0.2, 0) is 26.0 Å². The third kappa shape index (κ3) is 3.30. The molecule has 0 saturated heterocycles. The number of ether oxygens (including phenoxy) is 1. The molecule has 0 bridgehead atoms. The van der Waals surface area contributed by atoms with Crippen molar-refractivity contribution in [2.45, 2.75) is 45.8 Å². The quantitative estimate of drug-likeness (QED) is 0.908. The van der Waals surface area contributed by atoms with Crippen LogP contribution in [0.1, 0.15) is 41.1 Å². The Kier molecular flexibility index (Phi) is 4.30. The number of hydrogen-bond donors (Lipinski definition) is 1. The van der Waals surface area contributed by atoms with E-state index in [1.807, 2.05) is 7.05 Å². The van der Waals surface area contributed by atoms with Gasteiger partial charge >= 0.3 is 0 Å². The maximum absolute atomic E-state index is 5.89. The highest BCUT2D eigenvalue weighted by molar-refractivity contribution is 5.37. The first-order chi connectivity index (χ1) is 10.3. The summed E-state index contributed by atoms with van der Waals surface area (Å²) < 4.78 is 11.7. The second-order valence-electron chi connectivity index (χ2n) is 5.78. The molecule has 112 valence electrons. The van der Waals surface area contributed by atoms with Crippen molar-refractivity contribution in [2.75, 3.05) is 7.05 Å². The zero-order valence-electron chi connectivity index (χ0n) is 12.9. The molecule has 3 nitrogen and oxygen atoms in total. The Hall–Kier alpha value is -1.74. The Labute approximate surface area is 126 Å². The molecule has 1 aliphatic rings. The third-order valence-corrected chi connectivity index (χ3v) is 4.11. The SMILES string of the molecule is CNCc1oc(COc2ccc3c(c2)CCCC3)cc1C. The van der Waals surface area contributed by atoms with Gasteiger partial charge in [-0.2, -0.15) is 0 Å². The first-order valence-electron chi connectivity index (χ1n) is 7.73. The second kappa shape index (κ2) is 6.35. The standard InChI is InChI=1S/C18H23NO2/c1-13-9-17(21-18(13)11-19-2)12-20-16-8-7-14-5-3-4-6-15(14)10-16/h7-10,19H,3-6,11-12H2,1-2H3. The van der Waals surface area contributed by atoms with Crippen LogP contribution in [0, 0.1) is 6.92 Å². The summed E-state index contributed by atoms with van der Waals surface area (Å²) in [6, 6.07) is 8.54. The van der Waals surface area contributed by atoms with Gasteiger partial charge in [0.1, 0.15) is 23.9 Å². The molecule has 0 radical (unpaired) electrons. The zero-order chi connectivity index (χ0) is 14.7. The summed E-state index contributed by atoms with van der Waals surface area (Å²) >= 11 is 0. The first-order valence-corrected chi connectivity index (χ1v) is 7.73. The van der Waals surface area contributed by atoms with Gasteiger partial charge in [-0.15, -0.1) is 0 Å². The summed E-state index contributed by atoms with van der Waals surface area (Å²) in [6.07, 6.45) is 4.99. The minimum Gasteiger partial charge on any atom is -0.486 e. The lowest BCUT2D eigenvalue weighted by Crippen LogP contribution is -2.04. The molecule has 0 unspecified atom stereocenters. The molecule has 1 heterocycles. The maximum Gasteiger partial charge on any atom is 0.146 e. The van der Waals surface area contributed by atoms with Gasteiger partial charge in [-0.3, -0.25) is 0 Å². The highest BCUT2D eigenvalue weighted by Crippen LogP contribution is 2.26. The molecular formula is C18H23NO2. The van der Waals surface area contributed by atoms with Crippen molar-refractivity contribution in [3.05, 3.63) is 52.5 Å². The summed E-state index contributed by atoms with van der Waals surface area (Å²) in [4.78, 5) is 0. The van der Waals surface area contributed by atoms with Crippen molar-refractivity contribution in [1.82, 2.24) is 5.32 Å². The molecule has 1 N–H and O–H groups in total. The van der Waals surface area contributed by atoms with Crippen LogP contribution in [0.2, 0.25) is 0 Å². The molecule has 1 aromatic carbocycles. The number of rotatable bonds is 5. The Morgan fingerprint density at radius 2 is 1.95 bits per heavy atom. The van der Waals surface area contributed by atoms with E-state index < -0.39 is 0 Å². The average molecular weight is 285 g/mol. The van der Waals surface area contributed by atoms with E-state index in [4.69, 9.17) is 9.15 Å². The lowest BCUT2D eigenvalue weighted by molar-refractivity contribution is 0.265. The van der Waals surface area contributed by atoms with Crippen molar-refractivity contribution in [1.29, 1.82) is 0 Å². The number of hydrogen-bond acceptors (Lipinski definition) is 3. The molecule has 1 aromatic heterocycles. The average Bonchev–Trinajstić information content (AvgIpc) is 2.86. The molecule has 3 rings (SSSR count). The predicted octanol–water partition coefficient (Wildman–Crippen LogP) is 3.77. The van der Waals surface area contributed by atoms with Gasteiger partial charge in [0.05, 0.1) is 6.54 Å². The molecule has 2 aromatic rings. The van der Waals surface area contributed by atoms with Crippen molar-refractivity contribution >= 4 is 0 Å². The Morgan fingerprint density at radius 1 is 1.14 bits per heavy atom. The Balaban J connectivity index is 1.66. The maximum atomic E-state index is 5.89. The van der Waals surface area contributed by atoms with E-state index in [0.29, 0.717) is 6.61 Å². The fourth-order valence-electron chi connectivity index (χ4n) is 2.95. The van der Waals surface area contributed by atoms with Gasteiger partial charge in [0.15, 0.2) is 0 Å². The van der Waals surface area contributed by atoms with E-state index in [-0.39, 0.29) is 0 Å². The van der Waals surface area contributed by atoms with Gasteiger partial charge in [-0.25, -0.2) is 0 Å². The number of fused-ring (bicyclic) bond motifs is 1. The lowest BCUT2D eigenvalue weighted by Gasteiger charge is -2.16. The summed E-state index contributed by atoms with van der Waals surface area (Å²) in [7, 11) is 1.92. The van der Waals surface area contributed by atoms with Crippen LogP contribution in [0.4, 0.5) is 0 Å². The molecule has 0 atom stereocenters. The molecule has 3 heteroatoms. The minimum atomic E-state index is 0.489. The number of nitrogens with one attached hydrogen (secondary N) is 1. The second-order valence-corrected chi connectivity index (χ2v) is 5.78. The number of furan rings is 1. The molecule has 1 aliphatic carbocycles. The smallest absolute Gasteiger partial charge is 0.146 e. The molecule has 0 saturated carbocycles. The van der Waals surface area contributed by atoms with Crippen LogP contribution in [0.15, 0.2) is 28.7 Å². The monoisotopic (exact) mass is 285 g/mol. The third-order valence-electron chi connectivity index (χ3n) is 4.11. The predicted molar refractivity (Wildman–Crippen MR) is 83.6 cm³/mol. The molecular weight excluding hydrogens is 262 g/mol. The number of benzene rings is 1. The fourth-order valence-corrected chi connectivity index (χ4v) is 2.95. The zero-order valence-corrected chi connectivity index (χ0v) is 12.9.